The van der Waals surface area contributed by atoms with Crippen LogP contribution in [0.4, 0.5) is 5.69 Å². The van der Waals surface area contributed by atoms with Crippen molar-refractivity contribution in [3.05, 3.63) is 40.3 Å². The van der Waals surface area contributed by atoms with Gasteiger partial charge in [-0.15, -0.1) is 22.0 Å². The molecule has 1 aliphatic heterocycles. The first-order chi connectivity index (χ1) is 10.7. The average Bonchev–Trinajstić information content (AvgIpc) is 3.00. The molecule has 23 heavy (non-hydrogen) atoms. The number of aromatic nitrogens is 2. The fraction of sp³-hybridized carbons (Fsp3) is 0.467. The number of hydrogen-bond acceptors (Lipinski definition) is 7. The summed E-state index contributed by atoms with van der Waals surface area (Å²) in [5, 5.41) is 22.8. The first-order valence-corrected chi connectivity index (χ1v) is 8.06. The summed E-state index contributed by atoms with van der Waals surface area (Å²) < 4.78 is 5.64. The number of hydrogen-bond donors (Lipinski definition) is 1. The molecule has 8 heteroatoms. The molecule has 1 aliphatic rings. The quantitative estimate of drug-likeness (QED) is 0.677. The number of rotatable bonds is 3. The first kappa shape index (κ1) is 15.9. The van der Waals surface area contributed by atoms with Crippen LogP contribution in [0.1, 0.15) is 39.6 Å². The number of nitrogens with one attached hydrogen (secondary N) is 1. The molecule has 0 bridgehead atoms. The predicted octanol–water partition coefficient (Wildman–Crippen LogP) is 3.54. The third kappa shape index (κ3) is 2.96. The number of nitrogens with zero attached hydrogens (tertiary/aromatic N) is 3. The van der Waals surface area contributed by atoms with E-state index in [9.17, 15) is 10.1 Å². The smallest absolute Gasteiger partial charge is 0.282 e. The Kier molecular flexibility index (Phi) is 3.68. The normalized spacial score (nSPS) is 22.2. The van der Waals surface area contributed by atoms with Crippen LogP contribution in [-0.4, -0.2) is 24.7 Å². The molecule has 1 atom stereocenters. The van der Waals surface area contributed by atoms with Crippen molar-refractivity contribution in [1.82, 2.24) is 15.5 Å². The molecule has 0 amide bonds. The van der Waals surface area contributed by atoms with Gasteiger partial charge in [0.05, 0.1) is 9.79 Å². The van der Waals surface area contributed by atoms with Gasteiger partial charge < -0.3 is 4.42 Å². The number of nitro benzene ring substituents is 1. The van der Waals surface area contributed by atoms with Crippen LogP contribution in [0.2, 0.25) is 0 Å². The highest BCUT2D eigenvalue weighted by molar-refractivity contribution is 8.02. The lowest BCUT2D eigenvalue weighted by atomic mass is 10.0. The van der Waals surface area contributed by atoms with E-state index in [1.54, 1.807) is 30.0 Å². The van der Waals surface area contributed by atoms with Crippen LogP contribution < -0.4 is 5.32 Å². The van der Waals surface area contributed by atoms with Gasteiger partial charge in [0.15, 0.2) is 0 Å². The Morgan fingerprint density at radius 1 is 1.26 bits per heavy atom. The minimum absolute atomic E-state index is 0.0453. The van der Waals surface area contributed by atoms with Gasteiger partial charge in [-0.05, 0) is 33.8 Å². The lowest BCUT2D eigenvalue weighted by molar-refractivity contribution is -0.384. The maximum absolute atomic E-state index is 11.1. The highest BCUT2D eigenvalue weighted by Crippen LogP contribution is 2.50. The lowest BCUT2D eigenvalue weighted by Crippen LogP contribution is -2.34. The summed E-state index contributed by atoms with van der Waals surface area (Å²) in [5.41, 5.74) is 0.287. The average molecular weight is 334 g/mol. The molecule has 0 unspecified atom stereocenters. The largest absolute Gasteiger partial charge is 0.419 e. The van der Waals surface area contributed by atoms with E-state index in [1.165, 1.54) is 6.07 Å². The second kappa shape index (κ2) is 5.31. The summed E-state index contributed by atoms with van der Waals surface area (Å²) in [6, 6.07) is 6.24. The predicted molar refractivity (Wildman–Crippen MR) is 88.0 cm³/mol. The fourth-order valence-electron chi connectivity index (χ4n) is 2.90. The molecule has 0 aliphatic carbocycles. The van der Waals surface area contributed by atoms with Crippen LogP contribution in [0.15, 0.2) is 28.7 Å². The Morgan fingerprint density at radius 2 is 1.96 bits per heavy atom. The van der Waals surface area contributed by atoms with E-state index >= 15 is 0 Å². The summed E-state index contributed by atoms with van der Waals surface area (Å²) in [4.78, 5) is 10.6. The van der Waals surface area contributed by atoms with Gasteiger partial charge in [-0.3, -0.25) is 15.4 Å². The van der Waals surface area contributed by atoms with Crippen LogP contribution in [0.3, 0.4) is 0 Å². The van der Waals surface area contributed by atoms with E-state index in [-0.39, 0.29) is 27.2 Å². The van der Waals surface area contributed by atoms with Crippen molar-refractivity contribution in [3.8, 4) is 11.5 Å². The van der Waals surface area contributed by atoms with Crippen molar-refractivity contribution < 1.29 is 9.34 Å². The number of nitro groups is 1. The zero-order chi connectivity index (χ0) is 16.8. The summed E-state index contributed by atoms with van der Waals surface area (Å²) in [5.74, 6) is 0.612. The molecular weight excluding hydrogens is 316 g/mol. The molecule has 1 aromatic carbocycles. The first-order valence-electron chi connectivity index (χ1n) is 7.25. The monoisotopic (exact) mass is 334 g/mol. The second-order valence-electron chi connectivity index (χ2n) is 6.51. The Bertz CT molecular complexity index is 757. The highest BCUT2D eigenvalue weighted by atomic mass is 32.2. The molecule has 1 fully saturated rings. The van der Waals surface area contributed by atoms with Crippen LogP contribution >= 0.6 is 11.8 Å². The van der Waals surface area contributed by atoms with E-state index in [2.05, 4.69) is 43.2 Å². The van der Waals surface area contributed by atoms with E-state index < -0.39 is 4.92 Å². The van der Waals surface area contributed by atoms with Gasteiger partial charge in [-0.2, -0.15) is 0 Å². The summed E-state index contributed by atoms with van der Waals surface area (Å²) >= 11 is 1.79. The molecule has 2 aromatic rings. The van der Waals surface area contributed by atoms with E-state index in [0.717, 1.165) is 0 Å². The van der Waals surface area contributed by atoms with Gasteiger partial charge in [0.25, 0.3) is 11.6 Å². The molecule has 0 radical (unpaired) electrons. The van der Waals surface area contributed by atoms with Gasteiger partial charge in [0, 0.05) is 10.8 Å². The fourth-order valence-corrected chi connectivity index (χ4v) is 4.67. The molecule has 1 N–H and O–H groups in total. The zero-order valence-corrected chi connectivity index (χ0v) is 14.2. The van der Waals surface area contributed by atoms with Gasteiger partial charge >= 0.3 is 0 Å². The Morgan fingerprint density at radius 3 is 2.57 bits per heavy atom. The maximum Gasteiger partial charge on any atom is 0.282 e. The highest BCUT2D eigenvalue weighted by Gasteiger charge is 2.48. The molecule has 7 nitrogen and oxygen atoms in total. The maximum atomic E-state index is 11.1. The van der Waals surface area contributed by atoms with Crippen molar-refractivity contribution in [1.29, 1.82) is 0 Å². The standard InChI is InChI=1S/C15H18N4O3S/c1-14(2)11(16-15(3,4)23-14)13-18-17-12(22-13)9-7-5-6-8-10(9)19(20)21/h5-8,11,16H,1-4H3/t11-/m0/s1. The number of para-hydroxylation sites is 1. The SMILES string of the molecule is CC1(C)N[C@@H](c2nnc(-c3ccccc3[N+](=O)[O-])o2)C(C)(C)S1. The molecule has 1 aromatic heterocycles. The summed E-state index contributed by atoms with van der Waals surface area (Å²) in [6.07, 6.45) is 0. The topological polar surface area (TPSA) is 94.1 Å². The Hall–Kier alpha value is -1.93. The van der Waals surface area contributed by atoms with Gasteiger partial charge in [-0.1, -0.05) is 12.1 Å². The van der Waals surface area contributed by atoms with Crippen LogP contribution in [-0.2, 0) is 0 Å². The molecule has 0 spiro atoms. The molecule has 2 heterocycles. The van der Waals surface area contributed by atoms with Crippen LogP contribution in [0.5, 0.6) is 0 Å². The minimum atomic E-state index is -0.448. The number of thioether (sulfide) groups is 1. The minimum Gasteiger partial charge on any atom is -0.419 e. The molecule has 122 valence electrons. The third-order valence-corrected chi connectivity index (χ3v) is 5.11. The van der Waals surface area contributed by atoms with Crippen molar-refractivity contribution in [2.75, 3.05) is 0 Å². The van der Waals surface area contributed by atoms with E-state index in [4.69, 9.17) is 4.42 Å². The van der Waals surface area contributed by atoms with Gasteiger partial charge in [0.2, 0.25) is 5.89 Å². The summed E-state index contributed by atoms with van der Waals surface area (Å²) in [6.45, 7) is 8.41. The van der Waals surface area contributed by atoms with Gasteiger partial charge in [0.1, 0.15) is 11.6 Å². The molecule has 1 saturated heterocycles. The van der Waals surface area contributed by atoms with E-state index in [1.807, 2.05) is 0 Å². The Balaban J connectivity index is 1.98. The molecular formula is C15H18N4O3S. The third-order valence-electron chi connectivity index (χ3n) is 3.72. The second-order valence-corrected chi connectivity index (χ2v) is 8.79. The number of benzene rings is 1. The Labute approximate surface area is 138 Å². The molecule has 0 saturated carbocycles. The van der Waals surface area contributed by atoms with Crippen molar-refractivity contribution in [3.63, 3.8) is 0 Å². The summed E-state index contributed by atoms with van der Waals surface area (Å²) in [7, 11) is 0. The van der Waals surface area contributed by atoms with Gasteiger partial charge in [-0.25, -0.2) is 0 Å². The lowest BCUT2D eigenvalue weighted by Gasteiger charge is -2.22. The zero-order valence-electron chi connectivity index (χ0n) is 13.4. The van der Waals surface area contributed by atoms with Crippen LogP contribution in [0, 0.1) is 10.1 Å². The van der Waals surface area contributed by atoms with Crippen LogP contribution in [0.25, 0.3) is 11.5 Å². The van der Waals surface area contributed by atoms with Crippen molar-refractivity contribution in [2.45, 2.75) is 43.4 Å². The van der Waals surface area contributed by atoms with E-state index in [0.29, 0.717) is 11.5 Å². The molecule has 3 rings (SSSR count). The van der Waals surface area contributed by atoms with Crippen molar-refractivity contribution in [2.24, 2.45) is 0 Å². The van der Waals surface area contributed by atoms with Crippen molar-refractivity contribution >= 4 is 17.4 Å².